The molecule has 1 N–H and O–H groups in total. The molecule has 0 bridgehead atoms. The molecule has 10 heteroatoms. The average molecular weight is 355 g/mol. The first-order chi connectivity index (χ1) is 10.6. The monoisotopic (exact) mass is 355 g/mol. The molecule has 0 fully saturated rings. The second-order valence-electron chi connectivity index (χ2n) is 5.76. The van der Waals surface area contributed by atoms with E-state index in [0.29, 0.717) is 25.2 Å². The zero-order valence-corrected chi connectivity index (χ0v) is 13.7. The summed E-state index contributed by atoms with van der Waals surface area (Å²) in [5.41, 5.74) is -0.901. The third kappa shape index (κ3) is 4.45. The lowest BCUT2D eigenvalue weighted by atomic mass is 10.00. The van der Waals surface area contributed by atoms with Crippen molar-refractivity contribution in [2.45, 2.75) is 37.7 Å². The fourth-order valence-corrected chi connectivity index (χ4v) is 3.59. The number of imidazole rings is 1. The second-order valence-corrected chi connectivity index (χ2v) is 7.94. The molecule has 0 aromatic carbocycles. The van der Waals surface area contributed by atoms with Gasteiger partial charge in [-0.1, -0.05) is 0 Å². The Bertz CT molecular complexity index is 643. The second kappa shape index (κ2) is 6.78. The van der Waals surface area contributed by atoms with E-state index in [2.05, 4.69) is 9.71 Å². The quantitative estimate of drug-likeness (QED) is 0.838. The highest BCUT2D eigenvalue weighted by atomic mass is 32.2. The van der Waals surface area contributed by atoms with E-state index in [4.69, 9.17) is 4.74 Å². The van der Waals surface area contributed by atoms with Gasteiger partial charge in [0.15, 0.2) is 5.69 Å². The van der Waals surface area contributed by atoms with Crippen LogP contribution in [0.15, 0.2) is 6.20 Å². The van der Waals surface area contributed by atoms with Gasteiger partial charge in [-0.25, -0.2) is 18.1 Å². The smallest absolute Gasteiger partial charge is 0.383 e. The number of fused-ring (bicyclic) bond motifs is 1. The number of hydrogen-bond donors (Lipinski definition) is 1. The maximum atomic E-state index is 12.7. The molecule has 2 atom stereocenters. The minimum Gasteiger partial charge on any atom is -0.383 e. The Labute approximate surface area is 133 Å². The number of ether oxygens (including phenoxy) is 1. The number of aryl methyl sites for hydroxylation is 1. The Hall–Kier alpha value is -1.13. The standard InChI is InChI=1S/C13H20F3N3O3S/c1-9(8-22-2)23(20,21)17-5-10-3-4-12-18-11(13(14,15)16)7-19(12)6-10/h7,9-10,17H,3-6,8H2,1-2H3. The minimum absolute atomic E-state index is 0.0673. The number of halogens is 3. The molecule has 2 unspecified atom stereocenters. The van der Waals surface area contributed by atoms with Crippen LogP contribution in [-0.4, -0.2) is 43.5 Å². The van der Waals surface area contributed by atoms with E-state index in [9.17, 15) is 21.6 Å². The van der Waals surface area contributed by atoms with Crippen molar-refractivity contribution >= 4 is 10.0 Å². The van der Waals surface area contributed by atoms with E-state index in [1.807, 2.05) is 0 Å². The number of nitrogens with zero attached hydrogens (tertiary/aromatic N) is 2. The van der Waals surface area contributed by atoms with Crippen LogP contribution in [0.1, 0.15) is 24.9 Å². The predicted octanol–water partition coefficient (Wildman–Crippen LogP) is 1.42. The van der Waals surface area contributed by atoms with Crippen molar-refractivity contribution in [3.63, 3.8) is 0 Å². The molecule has 132 valence electrons. The van der Waals surface area contributed by atoms with Crippen LogP contribution in [0.4, 0.5) is 13.2 Å². The van der Waals surface area contributed by atoms with Gasteiger partial charge in [-0.2, -0.15) is 13.2 Å². The van der Waals surface area contributed by atoms with Crippen molar-refractivity contribution in [1.82, 2.24) is 14.3 Å². The largest absolute Gasteiger partial charge is 0.434 e. The molecule has 1 aliphatic rings. The van der Waals surface area contributed by atoms with Crippen molar-refractivity contribution in [2.24, 2.45) is 5.92 Å². The molecule has 1 aliphatic heterocycles. The number of alkyl halides is 3. The van der Waals surface area contributed by atoms with Crippen LogP contribution in [0.5, 0.6) is 0 Å². The zero-order chi connectivity index (χ0) is 17.3. The average Bonchev–Trinajstić information content (AvgIpc) is 2.88. The van der Waals surface area contributed by atoms with Crippen molar-refractivity contribution < 1.29 is 26.3 Å². The summed E-state index contributed by atoms with van der Waals surface area (Å²) < 4.78 is 70.7. The molecule has 0 radical (unpaired) electrons. The van der Waals surface area contributed by atoms with Crippen molar-refractivity contribution in [3.05, 3.63) is 17.7 Å². The number of methoxy groups -OCH3 is 1. The van der Waals surface area contributed by atoms with Crippen molar-refractivity contribution in [2.75, 3.05) is 20.3 Å². The zero-order valence-electron chi connectivity index (χ0n) is 12.9. The Morgan fingerprint density at radius 1 is 1.52 bits per heavy atom. The first kappa shape index (κ1) is 18.2. The maximum absolute atomic E-state index is 12.7. The van der Waals surface area contributed by atoms with Gasteiger partial charge in [-0.15, -0.1) is 0 Å². The number of aromatic nitrogens is 2. The van der Waals surface area contributed by atoms with Gasteiger partial charge in [-0.05, 0) is 19.3 Å². The third-order valence-electron chi connectivity index (χ3n) is 3.88. The summed E-state index contributed by atoms with van der Waals surface area (Å²) in [5.74, 6) is 0.325. The van der Waals surface area contributed by atoms with E-state index >= 15 is 0 Å². The molecule has 2 rings (SSSR count). The van der Waals surface area contributed by atoms with Gasteiger partial charge < -0.3 is 9.30 Å². The van der Waals surface area contributed by atoms with E-state index in [0.717, 1.165) is 6.20 Å². The van der Waals surface area contributed by atoms with Crippen LogP contribution in [0.25, 0.3) is 0 Å². The molecule has 0 aliphatic carbocycles. The molecule has 6 nitrogen and oxygen atoms in total. The van der Waals surface area contributed by atoms with Crippen LogP contribution >= 0.6 is 0 Å². The van der Waals surface area contributed by atoms with Gasteiger partial charge >= 0.3 is 6.18 Å². The summed E-state index contributed by atoms with van der Waals surface area (Å²) in [6, 6.07) is 0. The first-order valence-corrected chi connectivity index (χ1v) is 8.78. The van der Waals surface area contributed by atoms with Crippen molar-refractivity contribution in [3.8, 4) is 0 Å². The van der Waals surface area contributed by atoms with E-state index in [1.165, 1.54) is 18.6 Å². The SMILES string of the molecule is COCC(C)S(=O)(=O)NCC1CCc2nc(C(F)(F)F)cn2C1. The van der Waals surface area contributed by atoms with E-state index in [1.54, 1.807) is 0 Å². The van der Waals surface area contributed by atoms with Crippen LogP contribution in [0, 0.1) is 5.92 Å². The molecule has 1 aromatic rings. The Morgan fingerprint density at radius 3 is 2.83 bits per heavy atom. The Balaban J connectivity index is 1.97. The van der Waals surface area contributed by atoms with Gasteiger partial charge in [-0.3, -0.25) is 0 Å². The van der Waals surface area contributed by atoms with Gasteiger partial charge in [0.2, 0.25) is 10.0 Å². The highest BCUT2D eigenvalue weighted by Crippen LogP contribution is 2.30. The fourth-order valence-electron chi connectivity index (χ4n) is 2.52. The van der Waals surface area contributed by atoms with Gasteiger partial charge in [0, 0.05) is 32.8 Å². The van der Waals surface area contributed by atoms with Crippen LogP contribution in [0.2, 0.25) is 0 Å². The molecule has 2 heterocycles. The first-order valence-electron chi connectivity index (χ1n) is 7.24. The van der Waals surface area contributed by atoms with Crippen molar-refractivity contribution in [1.29, 1.82) is 0 Å². The normalized spacial score (nSPS) is 20.3. The van der Waals surface area contributed by atoms with Crippen LogP contribution < -0.4 is 4.72 Å². The number of rotatable bonds is 6. The number of sulfonamides is 1. The highest BCUT2D eigenvalue weighted by Gasteiger charge is 2.36. The van der Waals surface area contributed by atoms with Crippen LogP contribution in [0.3, 0.4) is 0 Å². The molecular weight excluding hydrogens is 335 g/mol. The third-order valence-corrected chi connectivity index (χ3v) is 5.65. The predicted molar refractivity (Wildman–Crippen MR) is 77.3 cm³/mol. The summed E-state index contributed by atoms with van der Waals surface area (Å²) in [4.78, 5) is 3.60. The fraction of sp³-hybridized carbons (Fsp3) is 0.769. The Kier molecular flexibility index (Phi) is 5.37. The van der Waals surface area contributed by atoms with Gasteiger partial charge in [0.25, 0.3) is 0 Å². The molecule has 23 heavy (non-hydrogen) atoms. The lowest BCUT2D eigenvalue weighted by Gasteiger charge is -2.24. The molecule has 0 saturated carbocycles. The molecule has 0 amide bonds. The molecule has 0 spiro atoms. The lowest BCUT2D eigenvalue weighted by molar-refractivity contribution is -0.141. The summed E-state index contributed by atoms with van der Waals surface area (Å²) in [7, 11) is -2.07. The maximum Gasteiger partial charge on any atom is 0.434 e. The topological polar surface area (TPSA) is 73.2 Å². The molecular formula is C13H20F3N3O3S. The summed E-state index contributed by atoms with van der Waals surface area (Å²) in [5, 5.41) is -0.684. The van der Waals surface area contributed by atoms with Crippen LogP contribution in [-0.2, 0) is 33.9 Å². The van der Waals surface area contributed by atoms with E-state index in [-0.39, 0.29) is 19.1 Å². The summed E-state index contributed by atoms with van der Waals surface area (Å²) in [6.45, 7) is 2.13. The molecule has 0 saturated heterocycles. The van der Waals surface area contributed by atoms with E-state index < -0.39 is 27.1 Å². The minimum atomic E-state index is -4.46. The molecule has 1 aromatic heterocycles. The van der Waals surface area contributed by atoms with Gasteiger partial charge in [0.05, 0.1) is 11.9 Å². The number of nitrogens with one attached hydrogen (secondary N) is 1. The van der Waals surface area contributed by atoms with Gasteiger partial charge in [0.1, 0.15) is 5.82 Å². The highest BCUT2D eigenvalue weighted by molar-refractivity contribution is 7.90. The number of hydrogen-bond acceptors (Lipinski definition) is 4. The summed E-state index contributed by atoms with van der Waals surface area (Å²) >= 11 is 0. The lowest BCUT2D eigenvalue weighted by Crippen LogP contribution is -2.39. The summed E-state index contributed by atoms with van der Waals surface area (Å²) in [6.07, 6.45) is -2.48. The Morgan fingerprint density at radius 2 is 2.22 bits per heavy atom.